The number of benzene rings is 1. The van der Waals surface area contributed by atoms with Gasteiger partial charge in [-0.2, -0.15) is 5.26 Å². The highest BCUT2D eigenvalue weighted by Crippen LogP contribution is 2.41. The van der Waals surface area contributed by atoms with Gasteiger partial charge < -0.3 is 4.90 Å². The maximum Gasteiger partial charge on any atom is 0.239 e. The Kier molecular flexibility index (Phi) is 6.91. The van der Waals surface area contributed by atoms with Crippen LogP contribution in [0.3, 0.4) is 0 Å². The largest absolute Gasteiger partial charge is 0.331 e. The topological polar surface area (TPSA) is 154 Å². The molecule has 2 heterocycles. The molecule has 190 valence electrons. The smallest absolute Gasteiger partial charge is 0.239 e. The van der Waals surface area contributed by atoms with Gasteiger partial charge in [-0.3, -0.25) is 19.3 Å². The van der Waals surface area contributed by atoms with Crippen LogP contribution in [0.1, 0.15) is 41.0 Å². The van der Waals surface area contributed by atoms with Crippen molar-refractivity contribution in [3.05, 3.63) is 18.2 Å². The number of ketones is 1. The van der Waals surface area contributed by atoms with E-state index in [2.05, 4.69) is 9.71 Å². The molecule has 1 N–H and O–H groups in total. The van der Waals surface area contributed by atoms with E-state index in [9.17, 15) is 31.7 Å². The Labute approximate surface area is 206 Å². The van der Waals surface area contributed by atoms with Crippen LogP contribution in [0.2, 0.25) is 0 Å². The molecule has 12 heteroatoms. The average molecular weight is 523 g/mol. The third-order valence-electron chi connectivity index (χ3n) is 5.97. The normalized spacial score (nSPS) is 24.2. The van der Waals surface area contributed by atoms with Crippen molar-refractivity contribution >= 4 is 48.6 Å². The van der Waals surface area contributed by atoms with Crippen LogP contribution in [-0.4, -0.2) is 63.2 Å². The molecular weight excluding hydrogens is 492 g/mol. The fourth-order valence-electron chi connectivity index (χ4n) is 4.48. The second kappa shape index (κ2) is 9.02. The molecule has 0 aliphatic carbocycles. The second-order valence-electron chi connectivity index (χ2n) is 10.5. The molecule has 1 saturated heterocycles. The molecule has 0 spiro atoms. The number of fused-ring (bicyclic) bond motifs is 1. The Morgan fingerprint density at radius 2 is 1.86 bits per heavy atom. The Bertz CT molecular complexity index is 1350. The van der Waals surface area contributed by atoms with Crippen molar-refractivity contribution in [2.24, 2.45) is 22.2 Å². The summed E-state index contributed by atoms with van der Waals surface area (Å²) < 4.78 is 52.1. The number of aliphatic imine (C=N–C) groups is 1. The van der Waals surface area contributed by atoms with E-state index in [0.717, 1.165) is 12.3 Å². The zero-order valence-corrected chi connectivity index (χ0v) is 22.2. The first-order valence-electron chi connectivity index (χ1n) is 11.2. The van der Waals surface area contributed by atoms with Crippen LogP contribution in [0, 0.1) is 28.6 Å². The summed E-state index contributed by atoms with van der Waals surface area (Å²) in [6.45, 7) is 9.83. The van der Waals surface area contributed by atoms with E-state index < -0.39 is 54.2 Å². The summed E-state index contributed by atoms with van der Waals surface area (Å²) in [7, 11) is -8.07. The lowest BCUT2D eigenvalue weighted by molar-refractivity contribution is -0.131. The molecule has 1 aromatic rings. The molecule has 1 fully saturated rings. The summed E-state index contributed by atoms with van der Waals surface area (Å²) in [6, 6.07) is 4.62. The number of hydrogen-bond donors (Lipinski definition) is 1. The van der Waals surface area contributed by atoms with Crippen molar-refractivity contribution in [3.8, 4) is 6.07 Å². The number of rotatable bonds is 6. The number of nitrogens with one attached hydrogen (secondary N) is 1. The molecule has 3 rings (SSSR count). The highest BCUT2D eigenvalue weighted by molar-refractivity contribution is 7.93. The van der Waals surface area contributed by atoms with Gasteiger partial charge in [0.2, 0.25) is 25.8 Å². The van der Waals surface area contributed by atoms with Gasteiger partial charge in [0, 0.05) is 12.2 Å². The molecule has 0 bridgehead atoms. The quantitative estimate of drug-likeness (QED) is 0.562. The number of anilines is 1. The molecule has 2 aliphatic rings. The van der Waals surface area contributed by atoms with Gasteiger partial charge >= 0.3 is 0 Å². The summed E-state index contributed by atoms with van der Waals surface area (Å²) in [5.41, 5.74) is -0.983. The minimum absolute atomic E-state index is 0.00848. The molecular formula is C23H30N4O6S2. The van der Waals surface area contributed by atoms with E-state index >= 15 is 0 Å². The van der Waals surface area contributed by atoms with Gasteiger partial charge in [0.1, 0.15) is 5.92 Å². The zero-order chi connectivity index (χ0) is 26.5. The van der Waals surface area contributed by atoms with E-state index in [1.54, 1.807) is 6.07 Å². The fraction of sp³-hybridized carbons (Fsp3) is 0.565. The molecule has 1 aromatic carbocycles. The predicted octanol–water partition coefficient (Wildman–Crippen LogP) is 2.30. The van der Waals surface area contributed by atoms with Crippen LogP contribution >= 0.6 is 0 Å². The minimum atomic E-state index is -4.39. The van der Waals surface area contributed by atoms with Gasteiger partial charge in [-0.15, -0.1) is 0 Å². The predicted molar refractivity (Wildman–Crippen MR) is 131 cm³/mol. The molecule has 35 heavy (non-hydrogen) atoms. The Hall–Kier alpha value is -2.78. The molecule has 2 aliphatic heterocycles. The lowest BCUT2D eigenvalue weighted by Gasteiger charge is -2.34. The monoisotopic (exact) mass is 522 g/mol. The second-order valence-corrected chi connectivity index (χ2v) is 14.2. The van der Waals surface area contributed by atoms with Crippen molar-refractivity contribution in [1.29, 1.82) is 5.26 Å². The molecule has 3 atom stereocenters. The number of sulfone groups is 1. The number of carbonyl (C=O) groups is 2. The summed E-state index contributed by atoms with van der Waals surface area (Å²) in [5.74, 6) is -2.23. The lowest BCUT2D eigenvalue weighted by atomic mass is 9.81. The number of amides is 1. The van der Waals surface area contributed by atoms with Crippen LogP contribution in [0.4, 0.5) is 11.4 Å². The van der Waals surface area contributed by atoms with E-state index in [-0.39, 0.29) is 27.9 Å². The number of sulfonamides is 1. The highest BCUT2D eigenvalue weighted by atomic mass is 32.2. The molecule has 1 amide bonds. The number of likely N-dealkylation sites (tertiary alicyclic amines) is 1. The Morgan fingerprint density at radius 1 is 1.23 bits per heavy atom. The van der Waals surface area contributed by atoms with E-state index in [0.29, 0.717) is 13.0 Å². The molecule has 10 nitrogen and oxygen atoms in total. The van der Waals surface area contributed by atoms with E-state index in [4.69, 9.17) is 0 Å². The SMILES string of the molecule is CC(C)CCN1C(=O)C(C2=Nc3ccc(NS(C)(=O)=O)cc3S(=O)(=O)C2C#N)C(=O)C1C(C)(C)C. The van der Waals surface area contributed by atoms with Gasteiger partial charge in [-0.25, -0.2) is 16.8 Å². The first kappa shape index (κ1) is 26.8. The maximum atomic E-state index is 13.6. The van der Waals surface area contributed by atoms with Crippen LogP contribution in [0.5, 0.6) is 0 Å². The van der Waals surface area contributed by atoms with E-state index in [1.165, 1.54) is 17.0 Å². The first-order chi connectivity index (χ1) is 16.0. The number of hydrogen-bond acceptors (Lipinski definition) is 8. The van der Waals surface area contributed by atoms with Gasteiger partial charge in [-0.05, 0) is 36.0 Å². The van der Waals surface area contributed by atoms with Crippen LogP contribution in [0.25, 0.3) is 0 Å². The summed E-state index contributed by atoms with van der Waals surface area (Å²) in [4.78, 5) is 32.6. The third-order valence-corrected chi connectivity index (χ3v) is 8.49. The summed E-state index contributed by atoms with van der Waals surface area (Å²) in [5, 5.41) is 7.97. The van der Waals surface area contributed by atoms with Crippen molar-refractivity contribution in [2.45, 2.75) is 57.2 Å². The van der Waals surface area contributed by atoms with Crippen molar-refractivity contribution < 1.29 is 26.4 Å². The Morgan fingerprint density at radius 3 is 2.37 bits per heavy atom. The van der Waals surface area contributed by atoms with Crippen LogP contribution < -0.4 is 4.72 Å². The van der Waals surface area contributed by atoms with Gasteiger partial charge in [0.25, 0.3) is 0 Å². The summed E-state index contributed by atoms with van der Waals surface area (Å²) >= 11 is 0. The highest BCUT2D eigenvalue weighted by Gasteiger charge is 2.56. The van der Waals surface area contributed by atoms with Crippen LogP contribution in [-0.2, 0) is 29.4 Å². The van der Waals surface area contributed by atoms with Crippen molar-refractivity contribution in [3.63, 3.8) is 0 Å². The first-order valence-corrected chi connectivity index (χ1v) is 14.6. The third kappa shape index (κ3) is 5.11. The average Bonchev–Trinajstić information content (AvgIpc) is 2.95. The van der Waals surface area contributed by atoms with Gasteiger partial charge in [0.15, 0.2) is 11.0 Å². The zero-order valence-electron chi connectivity index (χ0n) is 20.6. The van der Waals surface area contributed by atoms with E-state index in [1.807, 2.05) is 34.6 Å². The number of nitriles is 1. The van der Waals surface area contributed by atoms with Gasteiger partial charge in [0.05, 0.1) is 34.7 Å². The van der Waals surface area contributed by atoms with Gasteiger partial charge in [-0.1, -0.05) is 34.6 Å². The van der Waals surface area contributed by atoms with Crippen molar-refractivity contribution in [2.75, 3.05) is 17.5 Å². The molecule has 0 aromatic heterocycles. The van der Waals surface area contributed by atoms with Crippen LogP contribution in [0.15, 0.2) is 28.1 Å². The molecule has 0 saturated carbocycles. The standard InChI is InChI=1S/C23H30N4O6S2/c1-13(2)9-10-27-21(23(3,4)5)20(28)18(22(27)29)19-17(12-24)35(32,33)16-11-14(26-34(6,30)31)7-8-15(16)25-19/h7-8,11,13,17-18,21,26H,9-10H2,1-6H3. The number of Topliss-reactive ketones (excluding diaryl/α,β-unsaturated/α-hetero) is 1. The number of carbonyl (C=O) groups excluding carboxylic acids is 2. The number of nitrogens with zero attached hydrogens (tertiary/aromatic N) is 3. The maximum absolute atomic E-state index is 13.6. The molecule has 3 unspecified atom stereocenters. The summed E-state index contributed by atoms with van der Waals surface area (Å²) in [6.07, 6.45) is 1.58. The Balaban J connectivity index is 2.15. The fourth-order valence-corrected chi connectivity index (χ4v) is 6.63. The lowest BCUT2D eigenvalue weighted by Crippen LogP contribution is -2.45. The van der Waals surface area contributed by atoms with Crippen molar-refractivity contribution in [1.82, 2.24) is 4.90 Å². The minimum Gasteiger partial charge on any atom is -0.331 e. The molecule has 0 radical (unpaired) electrons.